The Kier molecular flexibility index (Phi) is 9.70. The van der Waals surface area contributed by atoms with Crippen LogP contribution in [0.5, 0.6) is 0 Å². The van der Waals surface area contributed by atoms with Crippen LogP contribution in [0.3, 0.4) is 0 Å². The van der Waals surface area contributed by atoms with Gasteiger partial charge in [0.25, 0.3) is 0 Å². The van der Waals surface area contributed by atoms with Crippen molar-refractivity contribution in [3.8, 4) is 11.1 Å². The lowest BCUT2D eigenvalue weighted by Gasteiger charge is -2.35. The number of benzene rings is 2. The van der Waals surface area contributed by atoms with Crippen LogP contribution < -0.4 is 0 Å². The molecule has 220 valence electrons. The van der Waals surface area contributed by atoms with Crippen LogP contribution in [-0.4, -0.2) is 77.8 Å². The van der Waals surface area contributed by atoms with Gasteiger partial charge in [-0.1, -0.05) is 36.4 Å². The van der Waals surface area contributed by atoms with Crippen LogP contribution in [-0.2, 0) is 32.0 Å². The molecule has 41 heavy (non-hydrogen) atoms. The third kappa shape index (κ3) is 7.67. The van der Waals surface area contributed by atoms with Gasteiger partial charge in [0.05, 0.1) is 18.7 Å². The maximum Gasteiger partial charge on any atom is 0.410 e. The zero-order valence-electron chi connectivity index (χ0n) is 24.7. The second kappa shape index (κ2) is 13.2. The standard InChI is InChI=1S/C32H41N3O6/c1-6-39-27(36)15-14-26-25-13-9-12-24(28(25)33-29(26)30(37)40-7-2)23-11-8-10-22(20-23)21-34-16-18-35(19-17-34)31(38)41-32(3,4)5/h8-13,20,33H,6-7,14-19,21H2,1-5H3. The van der Waals surface area contributed by atoms with Crippen LogP contribution in [0.15, 0.2) is 42.5 Å². The van der Waals surface area contributed by atoms with Gasteiger partial charge >= 0.3 is 18.0 Å². The van der Waals surface area contributed by atoms with Crippen molar-refractivity contribution < 1.29 is 28.6 Å². The smallest absolute Gasteiger partial charge is 0.410 e. The number of nitrogens with one attached hydrogen (secondary N) is 1. The second-order valence-corrected chi connectivity index (χ2v) is 11.2. The Morgan fingerprint density at radius 3 is 2.32 bits per heavy atom. The number of nitrogens with zero attached hydrogens (tertiary/aromatic N) is 2. The van der Waals surface area contributed by atoms with Crippen LogP contribution in [0.4, 0.5) is 4.79 Å². The molecule has 0 radical (unpaired) electrons. The van der Waals surface area contributed by atoms with Gasteiger partial charge in [0.15, 0.2) is 0 Å². The number of rotatable bonds is 9. The molecule has 1 N–H and O–H groups in total. The number of esters is 2. The molecular weight excluding hydrogens is 522 g/mol. The van der Waals surface area contributed by atoms with Crippen molar-refractivity contribution in [2.75, 3.05) is 39.4 Å². The van der Waals surface area contributed by atoms with Gasteiger partial charge < -0.3 is 24.1 Å². The molecule has 9 nitrogen and oxygen atoms in total. The highest BCUT2D eigenvalue weighted by Gasteiger charge is 2.26. The zero-order valence-corrected chi connectivity index (χ0v) is 24.7. The lowest BCUT2D eigenvalue weighted by Crippen LogP contribution is -2.49. The molecule has 9 heteroatoms. The van der Waals surface area contributed by atoms with Crippen molar-refractivity contribution in [2.24, 2.45) is 0 Å². The first-order valence-electron chi connectivity index (χ1n) is 14.4. The van der Waals surface area contributed by atoms with Gasteiger partial charge in [0, 0.05) is 50.1 Å². The van der Waals surface area contributed by atoms with E-state index in [0.717, 1.165) is 52.8 Å². The molecule has 1 aromatic heterocycles. The lowest BCUT2D eigenvalue weighted by molar-refractivity contribution is -0.143. The van der Waals surface area contributed by atoms with Crippen molar-refractivity contribution in [3.05, 3.63) is 59.3 Å². The molecule has 0 atom stereocenters. The average molecular weight is 564 g/mol. The number of ether oxygens (including phenoxy) is 3. The van der Waals surface area contributed by atoms with E-state index < -0.39 is 11.6 Å². The quantitative estimate of drug-likeness (QED) is 0.269. The van der Waals surface area contributed by atoms with Gasteiger partial charge in [-0.25, -0.2) is 9.59 Å². The minimum absolute atomic E-state index is 0.175. The number of aryl methyl sites for hydroxylation is 1. The highest BCUT2D eigenvalue weighted by molar-refractivity contribution is 6.03. The Hall–Kier alpha value is -3.85. The molecule has 1 fully saturated rings. The molecule has 1 amide bonds. The maximum atomic E-state index is 12.9. The number of amides is 1. The third-order valence-electron chi connectivity index (χ3n) is 6.97. The predicted molar refractivity (Wildman–Crippen MR) is 158 cm³/mol. The summed E-state index contributed by atoms with van der Waals surface area (Å²) in [6, 6.07) is 14.3. The Morgan fingerprint density at radius 1 is 0.927 bits per heavy atom. The minimum Gasteiger partial charge on any atom is -0.466 e. The molecule has 1 aliphatic rings. The van der Waals surface area contributed by atoms with E-state index in [4.69, 9.17) is 14.2 Å². The van der Waals surface area contributed by atoms with E-state index in [9.17, 15) is 14.4 Å². The fourth-order valence-electron chi connectivity index (χ4n) is 5.12. The number of aromatic nitrogens is 1. The van der Waals surface area contributed by atoms with Gasteiger partial charge in [-0.15, -0.1) is 0 Å². The summed E-state index contributed by atoms with van der Waals surface area (Å²) in [5.41, 5.74) is 4.60. The van der Waals surface area contributed by atoms with Gasteiger partial charge in [-0.3, -0.25) is 9.69 Å². The second-order valence-electron chi connectivity index (χ2n) is 11.2. The molecule has 1 saturated heterocycles. The van der Waals surface area contributed by atoms with Crippen molar-refractivity contribution in [1.29, 1.82) is 0 Å². The highest BCUT2D eigenvalue weighted by Crippen LogP contribution is 2.33. The molecule has 0 spiro atoms. The number of carbonyl (C=O) groups excluding carboxylic acids is 3. The van der Waals surface area contributed by atoms with E-state index in [0.29, 0.717) is 31.8 Å². The Labute approximate surface area is 241 Å². The number of hydrogen-bond acceptors (Lipinski definition) is 7. The Balaban J connectivity index is 1.54. The molecular formula is C32H41N3O6. The summed E-state index contributed by atoms with van der Waals surface area (Å²) in [5, 5.41) is 0.888. The summed E-state index contributed by atoms with van der Waals surface area (Å²) in [5.74, 6) is -0.736. The lowest BCUT2D eigenvalue weighted by atomic mass is 9.98. The number of hydrogen-bond donors (Lipinski definition) is 1. The fraction of sp³-hybridized carbons (Fsp3) is 0.469. The highest BCUT2D eigenvalue weighted by atomic mass is 16.6. The summed E-state index contributed by atoms with van der Waals surface area (Å²) < 4.78 is 16.0. The van der Waals surface area contributed by atoms with E-state index in [1.807, 2.05) is 45.0 Å². The Bertz CT molecular complexity index is 1380. The van der Waals surface area contributed by atoms with Crippen molar-refractivity contribution in [2.45, 2.75) is 59.6 Å². The van der Waals surface area contributed by atoms with Gasteiger partial charge in [0.1, 0.15) is 11.3 Å². The molecule has 0 unspecified atom stereocenters. The van der Waals surface area contributed by atoms with E-state index in [-0.39, 0.29) is 25.1 Å². The van der Waals surface area contributed by atoms with E-state index in [1.165, 1.54) is 0 Å². The van der Waals surface area contributed by atoms with Crippen molar-refractivity contribution >= 4 is 28.9 Å². The van der Waals surface area contributed by atoms with Crippen LogP contribution in [0.25, 0.3) is 22.0 Å². The molecule has 0 bridgehead atoms. The van der Waals surface area contributed by atoms with E-state index >= 15 is 0 Å². The molecule has 1 aliphatic heterocycles. The predicted octanol–water partition coefficient (Wildman–Crippen LogP) is 5.56. The monoisotopic (exact) mass is 563 g/mol. The summed E-state index contributed by atoms with van der Waals surface area (Å²) in [7, 11) is 0. The van der Waals surface area contributed by atoms with Crippen LogP contribution in [0.1, 0.15) is 62.7 Å². The van der Waals surface area contributed by atoms with E-state index in [2.05, 4.69) is 28.1 Å². The number of fused-ring (bicyclic) bond motifs is 1. The van der Waals surface area contributed by atoms with Crippen molar-refractivity contribution in [3.63, 3.8) is 0 Å². The van der Waals surface area contributed by atoms with Gasteiger partial charge in [-0.2, -0.15) is 0 Å². The van der Waals surface area contributed by atoms with Crippen LogP contribution >= 0.6 is 0 Å². The summed E-state index contributed by atoms with van der Waals surface area (Å²) >= 11 is 0. The number of piperazine rings is 1. The number of H-pyrrole nitrogens is 1. The van der Waals surface area contributed by atoms with Gasteiger partial charge in [0.2, 0.25) is 0 Å². The molecule has 4 rings (SSSR count). The zero-order chi connectivity index (χ0) is 29.6. The third-order valence-corrected chi connectivity index (χ3v) is 6.97. The van der Waals surface area contributed by atoms with E-state index in [1.54, 1.807) is 18.7 Å². The first-order chi connectivity index (χ1) is 19.6. The topological polar surface area (TPSA) is 101 Å². The molecule has 3 aromatic rings. The summed E-state index contributed by atoms with van der Waals surface area (Å²) in [6.07, 6.45) is 0.279. The molecule has 2 heterocycles. The molecule has 0 saturated carbocycles. The maximum absolute atomic E-state index is 12.9. The number of carbonyl (C=O) groups is 3. The van der Waals surface area contributed by atoms with Crippen LogP contribution in [0.2, 0.25) is 0 Å². The minimum atomic E-state index is -0.505. The normalized spacial score (nSPS) is 14.2. The molecule has 2 aromatic carbocycles. The average Bonchev–Trinajstić information content (AvgIpc) is 3.31. The summed E-state index contributed by atoms with van der Waals surface area (Å²) in [4.78, 5) is 44.8. The fourth-order valence-corrected chi connectivity index (χ4v) is 5.12. The van der Waals surface area contributed by atoms with Crippen molar-refractivity contribution in [1.82, 2.24) is 14.8 Å². The summed E-state index contributed by atoms with van der Waals surface area (Å²) in [6.45, 7) is 13.3. The van der Waals surface area contributed by atoms with Crippen LogP contribution in [0, 0.1) is 0 Å². The largest absolute Gasteiger partial charge is 0.466 e. The molecule has 0 aliphatic carbocycles. The first-order valence-corrected chi connectivity index (χ1v) is 14.4. The number of para-hydroxylation sites is 1. The van der Waals surface area contributed by atoms with Gasteiger partial charge in [-0.05, 0) is 63.8 Å². The first kappa shape index (κ1) is 30.1. The SMILES string of the molecule is CCOC(=O)CCc1c(C(=O)OCC)[nH]c2c(-c3cccc(CN4CCN(C(=O)OC(C)(C)C)CC4)c3)cccc12. The Morgan fingerprint density at radius 2 is 1.63 bits per heavy atom. The number of aromatic amines is 1.